The number of ether oxygens (including phenoxy) is 2. The zero-order chi connectivity index (χ0) is 15.1. The molecule has 0 spiro atoms. The summed E-state index contributed by atoms with van der Waals surface area (Å²) in [6.45, 7) is 8.00. The Morgan fingerprint density at radius 3 is 2.81 bits per heavy atom. The molecular formula is C17H26FNO2. The Labute approximate surface area is 126 Å². The summed E-state index contributed by atoms with van der Waals surface area (Å²) in [5, 5.41) is 3.34. The molecule has 0 saturated carbocycles. The van der Waals surface area contributed by atoms with Crippen molar-refractivity contribution in [3.05, 3.63) is 29.6 Å². The average molecular weight is 295 g/mol. The molecule has 0 aromatic heterocycles. The maximum atomic E-state index is 14.0. The number of rotatable bonds is 7. The van der Waals surface area contributed by atoms with Crippen molar-refractivity contribution in [1.29, 1.82) is 0 Å². The maximum absolute atomic E-state index is 14.0. The third kappa shape index (κ3) is 5.29. The number of hydrogen-bond donors (Lipinski definition) is 1. The van der Waals surface area contributed by atoms with E-state index in [9.17, 15) is 4.39 Å². The highest BCUT2D eigenvalue weighted by atomic mass is 19.1. The van der Waals surface area contributed by atoms with Crippen molar-refractivity contribution in [1.82, 2.24) is 5.32 Å². The van der Waals surface area contributed by atoms with Crippen molar-refractivity contribution in [2.75, 3.05) is 26.4 Å². The lowest BCUT2D eigenvalue weighted by molar-refractivity contribution is 0.0490. The highest BCUT2D eigenvalue weighted by molar-refractivity contribution is 5.34. The fourth-order valence-corrected chi connectivity index (χ4v) is 2.46. The lowest BCUT2D eigenvalue weighted by Gasteiger charge is -2.23. The molecule has 21 heavy (non-hydrogen) atoms. The van der Waals surface area contributed by atoms with Gasteiger partial charge in [-0.05, 0) is 37.3 Å². The van der Waals surface area contributed by atoms with Gasteiger partial charge in [-0.3, -0.25) is 0 Å². The summed E-state index contributed by atoms with van der Waals surface area (Å²) in [6.07, 6.45) is 1.99. The largest absolute Gasteiger partial charge is 0.490 e. The number of nitrogens with one attached hydrogen (secondary N) is 1. The SMILES string of the molecule is CC(C)CNCc1cccc(F)c1OCC1CCOCC1. The van der Waals surface area contributed by atoms with Crippen LogP contribution in [0.4, 0.5) is 4.39 Å². The highest BCUT2D eigenvalue weighted by Crippen LogP contribution is 2.25. The minimum atomic E-state index is -0.272. The predicted molar refractivity (Wildman–Crippen MR) is 82.0 cm³/mol. The molecule has 1 aliphatic rings. The first-order valence-corrected chi connectivity index (χ1v) is 7.85. The van der Waals surface area contributed by atoms with E-state index in [4.69, 9.17) is 9.47 Å². The first-order chi connectivity index (χ1) is 10.2. The van der Waals surface area contributed by atoms with Gasteiger partial charge in [-0.2, -0.15) is 0 Å². The van der Waals surface area contributed by atoms with E-state index in [1.807, 2.05) is 6.07 Å². The van der Waals surface area contributed by atoms with Gasteiger partial charge in [0.05, 0.1) is 6.61 Å². The second-order valence-corrected chi connectivity index (χ2v) is 6.12. The van der Waals surface area contributed by atoms with Gasteiger partial charge >= 0.3 is 0 Å². The van der Waals surface area contributed by atoms with E-state index in [-0.39, 0.29) is 5.82 Å². The van der Waals surface area contributed by atoms with Crippen LogP contribution in [-0.2, 0) is 11.3 Å². The first-order valence-electron chi connectivity index (χ1n) is 7.85. The summed E-state index contributed by atoms with van der Waals surface area (Å²) in [5.74, 6) is 1.17. The van der Waals surface area contributed by atoms with E-state index >= 15 is 0 Å². The summed E-state index contributed by atoms with van der Waals surface area (Å²) < 4.78 is 25.1. The summed E-state index contributed by atoms with van der Waals surface area (Å²) in [7, 11) is 0. The smallest absolute Gasteiger partial charge is 0.165 e. The molecule has 0 unspecified atom stereocenters. The molecule has 118 valence electrons. The second-order valence-electron chi connectivity index (χ2n) is 6.12. The molecule has 0 atom stereocenters. The summed E-state index contributed by atoms with van der Waals surface area (Å²) >= 11 is 0. The predicted octanol–water partition coefficient (Wildman–Crippen LogP) is 3.38. The molecule has 1 saturated heterocycles. The number of halogens is 1. The van der Waals surface area contributed by atoms with Crippen LogP contribution in [-0.4, -0.2) is 26.4 Å². The number of para-hydroxylation sites is 1. The molecule has 1 aromatic carbocycles. The van der Waals surface area contributed by atoms with Gasteiger partial charge in [-0.1, -0.05) is 26.0 Å². The van der Waals surface area contributed by atoms with Crippen LogP contribution in [0.5, 0.6) is 5.75 Å². The Hall–Kier alpha value is -1.13. The quantitative estimate of drug-likeness (QED) is 0.836. The molecule has 0 amide bonds. The molecule has 1 fully saturated rings. The molecule has 2 rings (SSSR count). The zero-order valence-electron chi connectivity index (χ0n) is 13.0. The van der Waals surface area contributed by atoms with E-state index < -0.39 is 0 Å². The Morgan fingerprint density at radius 2 is 2.10 bits per heavy atom. The summed E-state index contributed by atoms with van der Waals surface area (Å²) in [6, 6.07) is 5.13. The molecule has 1 heterocycles. The standard InChI is InChI=1S/C17H26FNO2/c1-13(2)10-19-11-15-4-3-5-16(18)17(15)21-12-14-6-8-20-9-7-14/h3-5,13-14,19H,6-12H2,1-2H3. The Bertz CT molecular complexity index is 431. The topological polar surface area (TPSA) is 30.5 Å². The normalized spacial score (nSPS) is 16.4. The fourth-order valence-electron chi connectivity index (χ4n) is 2.46. The first kappa shape index (κ1) is 16.2. The number of benzene rings is 1. The molecule has 4 heteroatoms. The van der Waals surface area contributed by atoms with Crippen molar-refractivity contribution in [3.8, 4) is 5.75 Å². The molecule has 0 aliphatic carbocycles. The van der Waals surface area contributed by atoms with Crippen molar-refractivity contribution < 1.29 is 13.9 Å². The summed E-state index contributed by atoms with van der Waals surface area (Å²) in [4.78, 5) is 0. The molecular weight excluding hydrogens is 269 g/mol. The molecule has 0 bridgehead atoms. The monoisotopic (exact) mass is 295 g/mol. The van der Waals surface area contributed by atoms with E-state index in [1.165, 1.54) is 6.07 Å². The third-order valence-electron chi connectivity index (χ3n) is 3.72. The Kier molecular flexibility index (Phi) is 6.46. The van der Waals surface area contributed by atoms with Gasteiger partial charge in [0, 0.05) is 25.3 Å². The van der Waals surface area contributed by atoms with Crippen LogP contribution in [0.15, 0.2) is 18.2 Å². The Balaban J connectivity index is 1.92. The highest BCUT2D eigenvalue weighted by Gasteiger charge is 2.17. The van der Waals surface area contributed by atoms with E-state index in [1.54, 1.807) is 6.07 Å². The van der Waals surface area contributed by atoms with Gasteiger partial charge in [0.15, 0.2) is 11.6 Å². The van der Waals surface area contributed by atoms with Crippen LogP contribution >= 0.6 is 0 Å². The molecule has 1 N–H and O–H groups in total. The van der Waals surface area contributed by atoms with Gasteiger partial charge in [0.2, 0.25) is 0 Å². The fraction of sp³-hybridized carbons (Fsp3) is 0.647. The van der Waals surface area contributed by atoms with Crippen LogP contribution in [0.3, 0.4) is 0 Å². The van der Waals surface area contributed by atoms with Crippen molar-refractivity contribution in [2.24, 2.45) is 11.8 Å². The van der Waals surface area contributed by atoms with E-state index in [2.05, 4.69) is 19.2 Å². The minimum absolute atomic E-state index is 0.272. The minimum Gasteiger partial charge on any atom is -0.490 e. The van der Waals surface area contributed by atoms with Crippen LogP contribution in [0.25, 0.3) is 0 Å². The molecule has 0 radical (unpaired) electrons. The lowest BCUT2D eigenvalue weighted by atomic mass is 10.0. The van der Waals surface area contributed by atoms with Gasteiger partial charge in [0.1, 0.15) is 0 Å². The van der Waals surface area contributed by atoms with Crippen molar-refractivity contribution in [3.63, 3.8) is 0 Å². The second kappa shape index (κ2) is 8.35. The van der Waals surface area contributed by atoms with E-state index in [0.29, 0.717) is 30.7 Å². The zero-order valence-corrected chi connectivity index (χ0v) is 13.0. The van der Waals surface area contributed by atoms with Gasteiger partial charge < -0.3 is 14.8 Å². The van der Waals surface area contributed by atoms with Crippen LogP contribution in [0.2, 0.25) is 0 Å². The van der Waals surface area contributed by atoms with Gasteiger partial charge in [-0.15, -0.1) is 0 Å². The van der Waals surface area contributed by atoms with Crippen LogP contribution in [0, 0.1) is 17.7 Å². The lowest BCUT2D eigenvalue weighted by Crippen LogP contribution is -2.23. The molecule has 3 nitrogen and oxygen atoms in total. The van der Waals surface area contributed by atoms with Crippen molar-refractivity contribution in [2.45, 2.75) is 33.2 Å². The maximum Gasteiger partial charge on any atom is 0.165 e. The molecule has 1 aromatic rings. The Morgan fingerprint density at radius 1 is 1.33 bits per heavy atom. The van der Waals surface area contributed by atoms with Crippen LogP contribution < -0.4 is 10.1 Å². The average Bonchev–Trinajstić information content (AvgIpc) is 2.47. The van der Waals surface area contributed by atoms with Gasteiger partial charge in [0.25, 0.3) is 0 Å². The molecule has 1 aliphatic heterocycles. The summed E-state index contributed by atoms with van der Waals surface area (Å²) in [5.41, 5.74) is 0.891. The van der Waals surface area contributed by atoms with Gasteiger partial charge in [-0.25, -0.2) is 4.39 Å². The third-order valence-corrected chi connectivity index (χ3v) is 3.72. The van der Waals surface area contributed by atoms with E-state index in [0.717, 1.165) is 38.2 Å². The van der Waals surface area contributed by atoms with Crippen LogP contribution in [0.1, 0.15) is 32.3 Å². The van der Waals surface area contributed by atoms with Crippen molar-refractivity contribution >= 4 is 0 Å². The number of hydrogen-bond acceptors (Lipinski definition) is 3.